The maximum Gasteiger partial charge on any atom is 0.124 e. The van der Waals surface area contributed by atoms with Crippen LogP contribution in [0.5, 0.6) is 11.5 Å². The van der Waals surface area contributed by atoms with Crippen molar-refractivity contribution in [2.45, 2.75) is 25.8 Å². The average molecular weight is 285 g/mol. The molecule has 0 aromatic heterocycles. The Morgan fingerprint density at radius 3 is 2.10 bits per heavy atom. The fraction of sp³-hybridized carbons (Fsp3) is 0.333. The number of anilines is 1. The summed E-state index contributed by atoms with van der Waals surface area (Å²) in [4.78, 5) is 0. The van der Waals surface area contributed by atoms with Gasteiger partial charge in [-0.25, -0.2) is 0 Å². The van der Waals surface area contributed by atoms with E-state index in [4.69, 9.17) is 9.47 Å². The summed E-state index contributed by atoms with van der Waals surface area (Å²) >= 11 is 0. The van der Waals surface area contributed by atoms with Crippen LogP contribution in [0.25, 0.3) is 0 Å². The normalized spacial score (nSPS) is 11.8. The molecule has 2 rings (SSSR count). The molecule has 0 spiro atoms. The third-order valence-corrected chi connectivity index (χ3v) is 3.54. The highest BCUT2D eigenvalue weighted by Crippen LogP contribution is 2.26. The van der Waals surface area contributed by atoms with E-state index in [0.29, 0.717) is 6.04 Å². The van der Waals surface area contributed by atoms with E-state index in [9.17, 15) is 0 Å². The van der Waals surface area contributed by atoms with E-state index in [1.54, 1.807) is 14.2 Å². The van der Waals surface area contributed by atoms with Crippen LogP contribution in [0.2, 0.25) is 0 Å². The second-order valence-electron chi connectivity index (χ2n) is 5.04. The van der Waals surface area contributed by atoms with Crippen LogP contribution in [-0.4, -0.2) is 20.3 Å². The lowest BCUT2D eigenvalue weighted by Gasteiger charge is -2.19. The number of hydrogen-bond acceptors (Lipinski definition) is 3. The van der Waals surface area contributed by atoms with Crippen molar-refractivity contribution in [1.29, 1.82) is 0 Å². The molecule has 1 unspecified atom stereocenters. The molecule has 0 aliphatic heterocycles. The highest BCUT2D eigenvalue weighted by molar-refractivity contribution is 5.54. The first-order valence-electron chi connectivity index (χ1n) is 7.28. The first kappa shape index (κ1) is 15.2. The molecule has 1 N–H and O–H groups in total. The van der Waals surface area contributed by atoms with Crippen LogP contribution in [0, 0.1) is 0 Å². The van der Waals surface area contributed by atoms with Crippen molar-refractivity contribution in [2.24, 2.45) is 0 Å². The van der Waals surface area contributed by atoms with Gasteiger partial charge in [0.2, 0.25) is 0 Å². The van der Waals surface area contributed by atoms with Crippen LogP contribution >= 0.6 is 0 Å². The SMILES string of the molecule is CCC(Cc1ccccc1)Nc1cc(OC)cc(OC)c1. The lowest BCUT2D eigenvalue weighted by atomic mass is 10.0. The Morgan fingerprint density at radius 1 is 0.952 bits per heavy atom. The van der Waals surface area contributed by atoms with Crippen LogP contribution in [0.1, 0.15) is 18.9 Å². The van der Waals surface area contributed by atoms with E-state index < -0.39 is 0 Å². The zero-order valence-electron chi connectivity index (χ0n) is 12.9. The van der Waals surface area contributed by atoms with Gasteiger partial charge in [-0.05, 0) is 18.4 Å². The lowest BCUT2D eigenvalue weighted by Crippen LogP contribution is -2.21. The molecule has 2 aromatic rings. The van der Waals surface area contributed by atoms with Crippen LogP contribution < -0.4 is 14.8 Å². The van der Waals surface area contributed by atoms with Gasteiger partial charge in [0.1, 0.15) is 11.5 Å². The molecule has 0 saturated carbocycles. The predicted molar refractivity (Wildman–Crippen MR) is 87.4 cm³/mol. The van der Waals surface area contributed by atoms with Crippen molar-refractivity contribution in [2.75, 3.05) is 19.5 Å². The fourth-order valence-electron chi connectivity index (χ4n) is 2.32. The number of methoxy groups -OCH3 is 2. The standard InChI is InChI=1S/C18H23NO2/c1-4-15(10-14-8-6-5-7-9-14)19-16-11-17(20-2)13-18(12-16)21-3/h5-9,11-13,15,19H,4,10H2,1-3H3. The Balaban J connectivity index is 2.11. The van der Waals surface area contributed by atoms with E-state index in [0.717, 1.165) is 30.0 Å². The maximum atomic E-state index is 5.31. The molecule has 3 nitrogen and oxygen atoms in total. The van der Waals surface area contributed by atoms with Crippen molar-refractivity contribution in [3.05, 3.63) is 54.1 Å². The zero-order valence-corrected chi connectivity index (χ0v) is 12.9. The van der Waals surface area contributed by atoms with Crippen molar-refractivity contribution in [1.82, 2.24) is 0 Å². The smallest absolute Gasteiger partial charge is 0.124 e. The van der Waals surface area contributed by atoms with E-state index >= 15 is 0 Å². The summed E-state index contributed by atoms with van der Waals surface area (Å²) in [6, 6.07) is 16.8. The Hall–Kier alpha value is -2.16. The minimum absolute atomic E-state index is 0.379. The van der Waals surface area contributed by atoms with Crippen LogP contribution in [0.4, 0.5) is 5.69 Å². The molecule has 0 aliphatic carbocycles. The topological polar surface area (TPSA) is 30.5 Å². The maximum absolute atomic E-state index is 5.31. The van der Waals surface area contributed by atoms with Crippen LogP contribution in [-0.2, 0) is 6.42 Å². The minimum Gasteiger partial charge on any atom is -0.497 e. The Labute approximate surface area is 126 Å². The second-order valence-corrected chi connectivity index (χ2v) is 5.04. The Morgan fingerprint density at radius 2 is 1.57 bits per heavy atom. The minimum atomic E-state index is 0.379. The van der Waals surface area contributed by atoms with Gasteiger partial charge in [-0.1, -0.05) is 37.3 Å². The van der Waals surface area contributed by atoms with Crippen molar-refractivity contribution in [3.8, 4) is 11.5 Å². The van der Waals surface area contributed by atoms with Gasteiger partial charge in [0, 0.05) is 29.9 Å². The quantitative estimate of drug-likeness (QED) is 0.829. The van der Waals surface area contributed by atoms with Gasteiger partial charge < -0.3 is 14.8 Å². The van der Waals surface area contributed by atoms with E-state index in [2.05, 4.69) is 36.5 Å². The van der Waals surface area contributed by atoms with Gasteiger partial charge in [0.25, 0.3) is 0 Å². The second kappa shape index (κ2) is 7.58. The van der Waals surface area contributed by atoms with Crippen molar-refractivity contribution < 1.29 is 9.47 Å². The summed E-state index contributed by atoms with van der Waals surface area (Å²) in [5, 5.41) is 3.57. The molecule has 0 saturated heterocycles. The largest absolute Gasteiger partial charge is 0.497 e. The van der Waals surface area contributed by atoms with Crippen LogP contribution in [0.15, 0.2) is 48.5 Å². The number of ether oxygens (including phenoxy) is 2. The predicted octanol–water partition coefficient (Wildman–Crippen LogP) is 4.14. The molecule has 0 amide bonds. The molecule has 0 aliphatic rings. The van der Waals surface area contributed by atoms with Gasteiger partial charge in [-0.2, -0.15) is 0 Å². The fourth-order valence-corrected chi connectivity index (χ4v) is 2.32. The summed E-state index contributed by atoms with van der Waals surface area (Å²) in [6.45, 7) is 2.19. The molecule has 21 heavy (non-hydrogen) atoms. The van der Waals surface area contributed by atoms with Gasteiger partial charge in [0.15, 0.2) is 0 Å². The molecule has 2 aromatic carbocycles. The summed E-state index contributed by atoms with van der Waals surface area (Å²) < 4.78 is 10.6. The summed E-state index contributed by atoms with van der Waals surface area (Å²) in [6.07, 6.45) is 2.05. The first-order valence-corrected chi connectivity index (χ1v) is 7.28. The highest BCUT2D eigenvalue weighted by atomic mass is 16.5. The molecule has 0 fully saturated rings. The van der Waals surface area contributed by atoms with Crippen molar-refractivity contribution in [3.63, 3.8) is 0 Å². The van der Waals surface area contributed by atoms with Gasteiger partial charge in [0.05, 0.1) is 14.2 Å². The van der Waals surface area contributed by atoms with E-state index in [1.165, 1.54) is 5.56 Å². The third kappa shape index (κ3) is 4.42. The highest BCUT2D eigenvalue weighted by Gasteiger charge is 2.09. The first-order chi connectivity index (χ1) is 10.2. The van der Waals surface area contributed by atoms with Gasteiger partial charge in [-0.3, -0.25) is 0 Å². The molecule has 1 atom stereocenters. The molecule has 0 heterocycles. The number of benzene rings is 2. The van der Waals surface area contributed by atoms with Gasteiger partial charge in [-0.15, -0.1) is 0 Å². The van der Waals surface area contributed by atoms with Crippen molar-refractivity contribution >= 4 is 5.69 Å². The molecule has 0 radical (unpaired) electrons. The monoisotopic (exact) mass is 285 g/mol. The molecule has 0 bridgehead atoms. The molecule has 3 heteroatoms. The average Bonchev–Trinajstić information content (AvgIpc) is 2.54. The van der Waals surface area contributed by atoms with Gasteiger partial charge >= 0.3 is 0 Å². The number of rotatable bonds is 7. The molecule has 112 valence electrons. The third-order valence-electron chi connectivity index (χ3n) is 3.54. The zero-order chi connectivity index (χ0) is 15.1. The Kier molecular flexibility index (Phi) is 5.50. The summed E-state index contributed by atoms with van der Waals surface area (Å²) in [5.41, 5.74) is 2.36. The summed E-state index contributed by atoms with van der Waals surface area (Å²) in [5.74, 6) is 1.60. The van der Waals surface area contributed by atoms with E-state index in [-0.39, 0.29) is 0 Å². The number of hydrogen-bond donors (Lipinski definition) is 1. The van der Waals surface area contributed by atoms with E-state index in [1.807, 2.05) is 24.3 Å². The number of nitrogens with one attached hydrogen (secondary N) is 1. The Bertz CT molecular complexity index is 532. The molecular weight excluding hydrogens is 262 g/mol. The molecular formula is C18H23NO2. The lowest BCUT2D eigenvalue weighted by molar-refractivity contribution is 0.394. The summed E-state index contributed by atoms with van der Waals surface area (Å²) in [7, 11) is 3.33. The van der Waals surface area contributed by atoms with Crippen LogP contribution in [0.3, 0.4) is 0 Å².